The molecule has 0 aliphatic carbocycles. The fraction of sp³-hybridized carbons (Fsp3) is 0.743. The van der Waals surface area contributed by atoms with Gasteiger partial charge in [-0.05, 0) is 81.0 Å². The summed E-state index contributed by atoms with van der Waals surface area (Å²) in [6.45, 7) is 6.81. The minimum absolute atomic E-state index is 0. The van der Waals surface area contributed by atoms with Gasteiger partial charge in [0.05, 0.1) is 17.1 Å². The molecule has 0 aliphatic heterocycles. The minimum atomic E-state index is 0. The van der Waals surface area contributed by atoms with Crippen LogP contribution in [0.2, 0.25) is 0 Å². The summed E-state index contributed by atoms with van der Waals surface area (Å²) >= 11 is 0. The maximum Gasteiger partial charge on any atom is 0.0665 e. The largest absolute Gasteiger partial charge is 0.255 e. The van der Waals surface area contributed by atoms with Crippen LogP contribution < -0.4 is 0 Å². The molecule has 3 heteroatoms. The molecule has 0 heterocycles. The van der Waals surface area contributed by atoms with E-state index >= 15 is 0 Å². The number of benzene rings is 2. The molecule has 0 aromatic heterocycles. The molecule has 0 aliphatic rings. The monoisotopic (exact) mass is 1050 g/mol. The number of para-hydroxylation sites is 2. The van der Waals surface area contributed by atoms with Crippen LogP contribution in [0.3, 0.4) is 0 Å². The molecule has 0 radical (unpaired) electrons. The van der Waals surface area contributed by atoms with Gasteiger partial charge in [0.2, 0.25) is 0 Å². The van der Waals surface area contributed by atoms with Crippen LogP contribution in [0, 0.1) is 0 Å². The standard InChI is InChI=1S/C70H120N2.Ni/c1-4-7-9-11-13-15-17-19-21-23-25-27-29-31-33-35-37-39-41-43-45-47-49-51-53-59-66-61-55-57-63-69(66)71-65-68(6-3)72-70-64-58-56-62-67(70)60-54-52-50-48-46-44-42-40-38-36-34-32-30-28-26-24-22-20-18-16-14-12-10-8-5-2;/h49-52,55-58,61-65H,4-48,53-54,59-60H2,1-3H3;/b51-49+,52-50+,71-65+,72-68-;. The summed E-state index contributed by atoms with van der Waals surface area (Å²) < 4.78 is 0. The van der Waals surface area contributed by atoms with Crippen LogP contribution in [0.15, 0.2) is 82.8 Å². The Morgan fingerprint density at radius 2 is 0.575 bits per heavy atom. The van der Waals surface area contributed by atoms with E-state index in [4.69, 9.17) is 9.98 Å². The molecule has 0 unspecified atom stereocenters. The van der Waals surface area contributed by atoms with E-state index in [2.05, 4.69) is 93.6 Å². The van der Waals surface area contributed by atoms with E-state index in [1.165, 1.54) is 294 Å². The molecule has 0 fully saturated rings. The summed E-state index contributed by atoms with van der Waals surface area (Å²) in [6.07, 6.45) is 79.7. The SMILES string of the molecule is CCCCCCCCCCCCCCCCCCCCCCC/C=C/CCc1ccccc1/N=C(\C=N\c1ccccc1CC/C=C/CCCCCCCCCCCCCCCCCCCCCCC)CC.[Ni]. The second kappa shape index (κ2) is 56.0. The van der Waals surface area contributed by atoms with Crippen molar-refractivity contribution in [3.8, 4) is 0 Å². The molecule has 0 amide bonds. The summed E-state index contributed by atoms with van der Waals surface area (Å²) in [4.78, 5) is 10.1. The number of hydrogen-bond acceptors (Lipinski definition) is 2. The molecule has 0 saturated heterocycles. The van der Waals surface area contributed by atoms with Crippen molar-refractivity contribution in [1.82, 2.24) is 0 Å². The van der Waals surface area contributed by atoms with Crippen molar-refractivity contribution >= 4 is 23.3 Å². The number of rotatable bonds is 54. The number of unbranched alkanes of at least 4 members (excludes halogenated alkanes) is 42. The van der Waals surface area contributed by atoms with Crippen molar-refractivity contribution in [3.63, 3.8) is 0 Å². The van der Waals surface area contributed by atoms with E-state index in [1.54, 1.807) is 0 Å². The molecule has 2 aromatic rings. The summed E-state index contributed by atoms with van der Waals surface area (Å²) in [5.74, 6) is 0. The zero-order valence-corrected chi connectivity index (χ0v) is 49.9. The third-order valence-electron chi connectivity index (χ3n) is 15.4. The summed E-state index contributed by atoms with van der Waals surface area (Å²) in [5.41, 5.74) is 5.85. The first-order valence-corrected chi connectivity index (χ1v) is 32.4. The van der Waals surface area contributed by atoms with Crippen molar-refractivity contribution < 1.29 is 16.5 Å². The normalized spacial score (nSPS) is 12.1. The Morgan fingerprint density at radius 3 is 0.890 bits per heavy atom. The number of nitrogens with zero attached hydrogens (tertiary/aromatic N) is 2. The molecule has 0 atom stereocenters. The van der Waals surface area contributed by atoms with E-state index < -0.39 is 0 Å². The Balaban J connectivity index is 0.0000266. The van der Waals surface area contributed by atoms with Gasteiger partial charge in [0.1, 0.15) is 0 Å². The summed E-state index contributed by atoms with van der Waals surface area (Å²) in [7, 11) is 0. The van der Waals surface area contributed by atoms with Gasteiger partial charge in [0.15, 0.2) is 0 Å². The quantitative estimate of drug-likeness (QED) is 0.0273. The zero-order valence-electron chi connectivity index (χ0n) is 48.9. The van der Waals surface area contributed by atoms with Crippen LogP contribution in [-0.2, 0) is 29.3 Å². The third kappa shape index (κ3) is 44.6. The predicted octanol–water partition coefficient (Wildman–Crippen LogP) is 24.8. The second-order valence-corrected chi connectivity index (χ2v) is 22.2. The van der Waals surface area contributed by atoms with Crippen LogP contribution >= 0.6 is 0 Å². The van der Waals surface area contributed by atoms with Crippen molar-refractivity contribution in [2.45, 2.75) is 335 Å². The average Bonchev–Trinajstić information content (AvgIpc) is 3.40. The topological polar surface area (TPSA) is 24.7 Å². The molecule has 2 nitrogen and oxygen atoms in total. The summed E-state index contributed by atoms with van der Waals surface area (Å²) in [5, 5.41) is 0. The van der Waals surface area contributed by atoms with Gasteiger partial charge in [-0.15, -0.1) is 0 Å². The first-order valence-electron chi connectivity index (χ1n) is 32.4. The molecule has 2 aromatic carbocycles. The molecule has 0 N–H and O–H groups in total. The van der Waals surface area contributed by atoms with Crippen LogP contribution in [-0.4, -0.2) is 11.9 Å². The molecule has 0 saturated carbocycles. The fourth-order valence-electron chi connectivity index (χ4n) is 10.5. The average molecular weight is 1050 g/mol. The molecule has 0 bridgehead atoms. The van der Waals surface area contributed by atoms with Gasteiger partial charge in [-0.25, -0.2) is 0 Å². The van der Waals surface area contributed by atoms with Gasteiger partial charge in [0.25, 0.3) is 0 Å². The summed E-state index contributed by atoms with van der Waals surface area (Å²) in [6, 6.07) is 17.4. The Kier molecular flexibility index (Phi) is 52.7. The van der Waals surface area contributed by atoms with E-state index in [9.17, 15) is 0 Å². The van der Waals surface area contributed by atoms with Gasteiger partial charge in [0, 0.05) is 22.7 Å². The van der Waals surface area contributed by atoms with Gasteiger partial charge < -0.3 is 0 Å². The Labute approximate surface area is 466 Å². The number of hydrogen-bond donors (Lipinski definition) is 0. The van der Waals surface area contributed by atoms with Gasteiger partial charge in [-0.1, -0.05) is 338 Å². The van der Waals surface area contributed by atoms with E-state index in [0.717, 1.165) is 49.2 Å². The molecule has 420 valence electrons. The first kappa shape index (κ1) is 68.8. The molecule has 2 rings (SSSR count). The van der Waals surface area contributed by atoms with Crippen LogP contribution in [0.5, 0.6) is 0 Å². The molecular weight excluding hydrogens is 927 g/mol. The van der Waals surface area contributed by atoms with Crippen molar-refractivity contribution in [1.29, 1.82) is 0 Å². The van der Waals surface area contributed by atoms with Crippen LogP contribution in [0.1, 0.15) is 334 Å². The molecule has 73 heavy (non-hydrogen) atoms. The van der Waals surface area contributed by atoms with Crippen LogP contribution in [0.25, 0.3) is 0 Å². The Hall–Kier alpha value is -2.25. The number of aliphatic imine (C=N–C) groups is 2. The third-order valence-corrected chi connectivity index (χ3v) is 15.4. The smallest absolute Gasteiger partial charge is 0.0665 e. The fourth-order valence-corrected chi connectivity index (χ4v) is 10.5. The number of allylic oxidation sites excluding steroid dienone is 4. The van der Waals surface area contributed by atoms with Gasteiger partial charge in [-0.3, -0.25) is 9.98 Å². The van der Waals surface area contributed by atoms with Crippen molar-refractivity contribution in [3.05, 3.63) is 84.0 Å². The molecule has 0 spiro atoms. The van der Waals surface area contributed by atoms with Gasteiger partial charge >= 0.3 is 0 Å². The van der Waals surface area contributed by atoms with Gasteiger partial charge in [-0.2, -0.15) is 0 Å². The van der Waals surface area contributed by atoms with Crippen molar-refractivity contribution in [2.24, 2.45) is 9.98 Å². The predicted molar refractivity (Wildman–Crippen MR) is 328 cm³/mol. The van der Waals surface area contributed by atoms with E-state index in [1.807, 2.05) is 6.21 Å². The first-order chi connectivity index (χ1) is 35.8. The number of aryl methyl sites for hydroxylation is 2. The zero-order chi connectivity index (χ0) is 51.1. The Morgan fingerprint density at radius 1 is 0.315 bits per heavy atom. The second-order valence-electron chi connectivity index (χ2n) is 22.2. The Bertz CT molecular complexity index is 1550. The molecular formula is C70H120N2Ni. The maximum absolute atomic E-state index is 5.13. The minimum Gasteiger partial charge on any atom is -0.255 e. The maximum atomic E-state index is 5.13. The van der Waals surface area contributed by atoms with Crippen LogP contribution in [0.4, 0.5) is 11.4 Å². The van der Waals surface area contributed by atoms with E-state index in [0.29, 0.717) is 0 Å². The van der Waals surface area contributed by atoms with Crippen molar-refractivity contribution in [2.75, 3.05) is 0 Å². The van der Waals surface area contributed by atoms with E-state index in [-0.39, 0.29) is 16.5 Å².